The summed E-state index contributed by atoms with van der Waals surface area (Å²) in [5.74, 6) is 0.270. The van der Waals surface area contributed by atoms with E-state index < -0.39 is 0 Å². The maximum Gasteiger partial charge on any atom is 0.229 e. The molecule has 1 amide bonds. The van der Waals surface area contributed by atoms with Crippen molar-refractivity contribution in [3.05, 3.63) is 24.3 Å². The number of anilines is 1. The van der Waals surface area contributed by atoms with Crippen molar-refractivity contribution in [2.45, 2.75) is 33.3 Å². The Kier molecular flexibility index (Phi) is 5.65. The average Bonchev–Trinajstić information content (AvgIpc) is 2.32. The Morgan fingerprint density at radius 3 is 2.39 bits per heavy atom. The number of aliphatic hydroxyl groups is 1. The highest BCUT2D eigenvalue weighted by atomic mass is 16.5. The molecular weight excluding hydrogens is 230 g/mol. The van der Waals surface area contributed by atoms with Crippen molar-refractivity contribution in [2.24, 2.45) is 5.92 Å². The Balaban J connectivity index is 2.60. The smallest absolute Gasteiger partial charge is 0.229 e. The molecule has 0 aliphatic heterocycles. The lowest BCUT2D eigenvalue weighted by molar-refractivity contribution is -0.121. The first-order chi connectivity index (χ1) is 8.56. The first-order valence-corrected chi connectivity index (χ1v) is 6.25. The molecule has 0 saturated heterocycles. The topological polar surface area (TPSA) is 58.6 Å². The lowest BCUT2D eigenvalue weighted by atomic mass is 10.1. The molecule has 0 heterocycles. The van der Waals surface area contributed by atoms with E-state index in [1.165, 1.54) is 0 Å². The van der Waals surface area contributed by atoms with Gasteiger partial charge < -0.3 is 15.2 Å². The van der Waals surface area contributed by atoms with Crippen LogP contribution in [-0.4, -0.2) is 23.7 Å². The van der Waals surface area contributed by atoms with Crippen molar-refractivity contribution in [1.82, 2.24) is 0 Å². The zero-order chi connectivity index (χ0) is 13.5. The molecule has 0 bridgehead atoms. The van der Waals surface area contributed by atoms with Gasteiger partial charge in [-0.15, -0.1) is 0 Å². The van der Waals surface area contributed by atoms with Crippen LogP contribution in [0, 0.1) is 5.92 Å². The molecule has 4 heteroatoms. The molecule has 0 aromatic heterocycles. The van der Waals surface area contributed by atoms with E-state index in [9.17, 15) is 4.79 Å². The van der Waals surface area contributed by atoms with Crippen molar-refractivity contribution in [2.75, 3.05) is 11.9 Å². The van der Waals surface area contributed by atoms with Crippen LogP contribution in [0.5, 0.6) is 5.75 Å². The third-order valence-corrected chi connectivity index (χ3v) is 2.58. The number of hydrogen-bond acceptors (Lipinski definition) is 3. The van der Waals surface area contributed by atoms with E-state index in [-0.39, 0.29) is 24.5 Å². The molecule has 0 saturated carbocycles. The van der Waals surface area contributed by atoms with Gasteiger partial charge in [0.2, 0.25) is 5.91 Å². The van der Waals surface area contributed by atoms with E-state index >= 15 is 0 Å². The number of nitrogens with one attached hydrogen (secondary N) is 1. The molecule has 2 N–H and O–H groups in total. The first-order valence-electron chi connectivity index (χ1n) is 6.25. The van der Waals surface area contributed by atoms with Crippen molar-refractivity contribution in [3.63, 3.8) is 0 Å². The standard InChI is InChI=1S/C14H21NO3/c1-4-11(9-16)14(17)15-12-5-7-13(8-6-12)18-10(2)3/h5-8,10-11,16H,4,9H2,1-3H3,(H,15,17). The van der Waals surface area contributed by atoms with Crippen LogP contribution < -0.4 is 10.1 Å². The average molecular weight is 251 g/mol. The summed E-state index contributed by atoms with van der Waals surface area (Å²) in [7, 11) is 0. The van der Waals surface area contributed by atoms with E-state index in [1.54, 1.807) is 12.1 Å². The fourth-order valence-corrected chi connectivity index (χ4v) is 1.53. The van der Waals surface area contributed by atoms with Gasteiger partial charge in [0.05, 0.1) is 18.6 Å². The number of hydrogen-bond donors (Lipinski definition) is 2. The van der Waals surface area contributed by atoms with Crippen LogP contribution in [0.1, 0.15) is 27.2 Å². The quantitative estimate of drug-likeness (QED) is 0.816. The highest BCUT2D eigenvalue weighted by molar-refractivity contribution is 5.92. The van der Waals surface area contributed by atoms with Crippen LogP contribution >= 0.6 is 0 Å². The van der Waals surface area contributed by atoms with Gasteiger partial charge in [0.15, 0.2) is 0 Å². The third kappa shape index (κ3) is 4.37. The zero-order valence-electron chi connectivity index (χ0n) is 11.1. The predicted octanol–water partition coefficient (Wildman–Crippen LogP) is 2.43. The SMILES string of the molecule is CCC(CO)C(=O)Nc1ccc(OC(C)C)cc1. The van der Waals surface area contributed by atoms with Crippen molar-refractivity contribution in [1.29, 1.82) is 0 Å². The highest BCUT2D eigenvalue weighted by Crippen LogP contribution is 2.17. The lowest BCUT2D eigenvalue weighted by Crippen LogP contribution is -2.24. The van der Waals surface area contributed by atoms with Gasteiger partial charge in [-0.3, -0.25) is 4.79 Å². The van der Waals surface area contributed by atoms with Gasteiger partial charge >= 0.3 is 0 Å². The van der Waals surface area contributed by atoms with Gasteiger partial charge in [-0.25, -0.2) is 0 Å². The van der Waals surface area contributed by atoms with Crippen LogP contribution in [0.2, 0.25) is 0 Å². The number of benzene rings is 1. The fraction of sp³-hybridized carbons (Fsp3) is 0.500. The Morgan fingerprint density at radius 1 is 1.33 bits per heavy atom. The number of carbonyl (C=O) groups is 1. The number of rotatable bonds is 6. The molecule has 1 unspecified atom stereocenters. The summed E-state index contributed by atoms with van der Waals surface area (Å²) in [5.41, 5.74) is 0.711. The molecule has 1 atom stereocenters. The number of aliphatic hydroxyl groups excluding tert-OH is 1. The molecule has 0 spiro atoms. The molecule has 18 heavy (non-hydrogen) atoms. The maximum atomic E-state index is 11.7. The van der Waals surface area contributed by atoms with E-state index in [0.29, 0.717) is 12.1 Å². The Morgan fingerprint density at radius 2 is 1.94 bits per heavy atom. The molecular formula is C14H21NO3. The van der Waals surface area contributed by atoms with E-state index in [1.807, 2.05) is 32.9 Å². The second-order valence-electron chi connectivity index (χ2n) is 4.47. The summed E-state index contributed by atoms with van der Waals surface area (Å²) in [6, 6.07) is 7.21. The van der Waals surface area contributed by atoms with Crippen LogP contribution in [-0.2, 0) is 4.79 Å². The maximum absolute atomic E-state index is 11.7. The Hall–Kier alpha value is -1.55. The number of carbonyl (C=O) groups excluding carboxylic acids is 1. The van der Waals surface area contributed by atoms with Gasteiger partial charge in [0.25, 0.3) is 0 Å². The summed E-state index contributed by atoms with van der Waals surface area (Å²) in [6.45, 7) is 5.67. The van der Waals surface area contributed by atoms with Gasteiger partial charge in [-0.05, 0) is 44.5 Å². The normalized spacial score (nSPS) is 12.3. The number of ether oxygens (including phenoxy) is 1. The van der Waals surface area contributed by atoms with Crippen LogP contribution in [0.3, 0.4) is 0 Å². The number of amides is 1. The van der Waals surface area contributed by atoms with Crippen molar-refractivity contribution >= 4 is 11.6 Å². The van der Waals surface area contributed by atoms with E-state index in [2.05, 4.69) is 5.32 Å². The fourth-order valence-electron chi connectivity index (χ4n) is 1.53. The van der Waals surface area contributed by atoms with Crippen LogP contribution in [0.15, 0.2) is 24.3 Å². The lowest BCUT2D eigenvalue weighted by Gasteiger charge is -2.13. The van der Waals surface area contributed by atoms with Crippen molar-refractivity contribution < 1.29 is 14.6 Å². The minimum atomic E-state index is -0.350. The summed E-state index contributed by atoms with van der Waals surface area (Å²) >= 11 is 0. The molecule has 1 aromatic carbocycles. The van der Waals surface area contributed by atoms with Crippen LogP contribution in [0.4, 0.5) is 5.69 Å². The monoisotopic (exact) mass is 251 g/mol. The summed E-state index contributed by atoms with van der Waals surface area (Å²) in [6.07, 6.45) is 0.751. The summed E-state index contributed by atoms with van der Waals surface area (Å²) in [5, 5.41) is 11.8. The summed E-state index contributed by atoms with van der Waals surface area (Å²) in [4.78, 5) is 11.7. The van der Waals surface area contributed by atoms with Gasteiger partial charge in [0.1, 0.15) is 5.75 Å². The Bertz CT molecular complexity index is 369. The van der Waals surface area contributed by atoms with Gasteiger partial charge in [-0.2, -0.15) is 0 Å². The predicted molar refractivity (Wildman–Crippen MR) is 71.7 cm³/mol. The highest BCUT2D eigenvalue weighted by Gasteiger charge is 2.14. The second kappa shape index (κ2) is 7.01. The van der Waals surface area contributed by atoms with E-state index in [0.717, 1.165) is 5.75 Å². The second-order valence-corrected chi connectivity index (χ2v) is 4.47. The molecule has 4 nitrogen and oxygen atoms in total. The van der Waals surface area contributed by atoms with Crippen LogP contribution in [0.25, 0.3) is 0 Å². The zero-order valence-corrected chi connectivity index (χ0v) is 11.1. The summed E-state index contributed by atoms with van der Waals surface area (Å²) < 4.78 is 5.51. The van der Waals surface area contributed by atoms with Crippen molar-refractivity contribution in [3.8, 4) is 5.75 Å². The van der Waals surface area contributed by atoms with Gasteiger partial charge in [-0.1, -0.05) is 6.92 Å². The largest absolute Gasteiger partial charge is 0.491 e. The minimum absolute atomic E-state index is 0.128. The molecule has 1 aromatic rings. The van der Waals surface area contributed by atoms with E-state index in [4.69, 9.17) is 9.84 Å². The molecule has 0 aliphatic rings. The third-order valence-electron chi connectivity index (χ3n) is 2.58. The molecule has 0 fully saturated rings. The Labute approximate surface area is 108 Å². The molecule has 1 rings (SSSR count). The van der Waals surface area contributed by atoms with Gasteiger partial charge in [0, 0.05) is 5.69 Å². The molecule has 0 radical (unpaired) electrons. The minimum Gasteiger partial charge on any atom is -0.491 e. The molecule has 0 aliphatic carbocycles. The first kappa shape index (κ1) is 14.5. The molecule has 100 valence electrons.